The second-order valence-electron chi connectivity index (χ2n) is 3.48. The molecule has 0 bridgehead atoms. The van der Waals surface area contributed by atoms with Gasteiger partial charge in [-0.15, -0.1) is 0 Å². The third kappa shape index (κ3) is 5.09. The summed E-state index contributed by atoms with van der Waals surface area (Å²) in [5.41, 5.74) is 1.26. The number of aromatic nitrogens is 1. The number of halogens is 2. The minimum absolute atomic E-state index is 0.978. The standard InChI is InChI=1S/C11H16Br2N2/c1-2-4-15(5-3-12)9-10-6-11(13)8-14-7-10/h6-8H,2-5,9H2,1H3. The molecule has 1 aromatic heterocycles. The van der Waals surface area contributed by atoms with E-state index < -0.39 is 0 Å². The molecule has 0 saturated carbocycles. The SMILES string of the molecule is CCCN(CCBr)Cc1cncc(Br)c1. The van der Waals surface area contributed by atoms with Crippen LogP contribution in [0.1, 0.15) is 18.9 Å². The van der Waals surface area contributed by atoms with Gasteiger partial charge in [-0.1, -0.05) is 22.9 Å². The Morgan fingerprint density at radius 3 is 2.73 bits per heavy atom. The Bertz CT molecular complexity index is 286. The number of hydrogen-bond donors (Lipinski definition) is 0. The number of pyridine rings is 1. The first-order valence-electron chi connectivity index (χ1n) is 5.14. The molecule has 84 valence electrons. The van der Waals surface area contributed by atoms with E-state index in [1.54, 1.807) is 0 Å². The molecular formula is C11H16Br2N2. The zero-order valence-corrected chi connectivity index (χ0v) is 12.1. The first-order chi connectivity index (χ1) is 7.26. The molecule has 1 rings (SSSR count). The Hall–Kier alpha value is 0.0700. The van der Waals surface area contributed by atoms with E-state index >= 15 is 0 Å². The molecule has 2 nitrogen and oxygen atoms in total. The van der Waals surface area contributed by atoms with Crippen molar-refractivity contribution in [2.45, 2.75) is 19.9 Å². The van der Waals surface area contributed by atoms with Crippen molar-refractivity contribution in [1.82, 2.24) is 9.88 Å². The summed E-state index contributed by atoms with van der Waals surface area (Å²) in [6.45, 7) is 5.41. The van der Waals surface area contributed by atoms with E-state index in [0.717, 1.165) is 29.4 Å². The zero-order chi connectivity index (χ0) is 11.1. The van der Waals surface area contributed by atoms with Crippen LogP contribution in [0, 0.1) is 0 Å². The molecule has 1 heterocycles. The van der Waals surface area contributed by atoms with Gasteiger partial charge in [0.05, 0.1) is 0 Å². The van der Waals surface area contributed by atoms with Gasteiger partial charge in [0.15, 0.2) is 0 Å². The highest BCUT2D eigenvalue weighted by Crippen LogP contribution is 2.11. The van der Waals surface area contributed by atoms with Gasteiger partial charge in [0, 0.05) is 35.3 Å². The van der Waals surface area contributed by atoms with Gasteiger partial charge in [-0.3, -0.25) is 9.88 Å². The fourth-order valence-corrected chi connectivity index (χ4v) is 2.42. The van der Waals surface area contributed by atoms with Gasteiger partial charge in [-0.2, -0.15) is 0 Å². The maximum Gasteiger partial charge on any atom is 0.0410 e. The van der Waals surface area contributed by atoms with Crippen molar-refractivity contribution in [3.63, 3.8) is 0 Å². The highest BCUT2D eigenvalue weighted by Gasteiger charge is 2.04. The maximum atomic E-state index is 4.17. The topological polar surface area (TPSA) is 16.1 Å². The lowest BCUT2D eigenvalue weighted by atomic mass is 10.2. The van der Waals surface area contributed by atoms with Crippen molar-refractivity contribution < 1.29 is 0 Å². The summed E-state index contributed by atoms with van der Waals surface area (Å²) in [5.74, 6) is 0. The molecule has 4 heteroatoms. The van der Waals surface area contributed by atoms with Crippen LogP contribution >= 0.6 is 31.9 Å². The van der Waals surface area contributed by atoms with Crippen LogP contribution in [0.5, 0.6) is 0 Å². The van der Waals surface area contributed by atoms with E-state index in [4.69, 9.17) is 0 Å². The van der Waals surface area contributed by atoms with Crippen LogP contribution in [0.4, 0.5) is 0 Å². The van der Waals surface area contributed by atoms with Gasteiger partial charge < -0.3 is 0 Å². The van der Waals surface area contributed by atoms with Crippen molar-refractivity contribution in [2.75, 3.05) is 18.4 Å². The molecule has 0 aromatic carbocycles. The molecule has 0 aliphatic carbocycles. The second-order valence-corrected chi connectivity index (χ2v) is 5.19. The lowest BCUT2D eigenvalue weighted by molar-refractivity contribution is 0.283. The molecule has 0 atom stereocenters. The van der Waals surface area contributed by atoms with Crippen LogP contribution in [0.3, 0.4) is 0 Å². The van der Waals surface area contributed by atoms with Crippen LogP contribution in [-0.2, 0) is 6.54 Å². The lowest BCUT2D eigenvalue weighted by Gasteiger charge is -2.20. The summed E-state index contributed by atoms with van der Waals surface area (Å²) in [4.78, 5) is 6.60. The average molecular weight is 336 g/mol. The third-order valence-electron chi connectivity index (χ3n) is 2.11. The Kier molecular flexibility index (Phi) is 6.45. The van der Waals surface area contributed by atoms with E-state index in [2.05, 4.69) is 54.7 Å². The Morgan fingerprint density at radius 1 is 1.33 bits per heavy atom. The third-order valence-corrected chi connectivity index (χ3v) is 2.90. The Labute approximate surface area is 108 Å². The number of rotatable bonds is 6. The Morgan fingerprint density at radius 2 is 2.13 bits per heavy atom. The first kappa shape index (κ1) is 13.1. The molecule has 0 N–H and O–H groups in total. The quantitative estimate of drug-likeness (QED) is 0.740. The van der Waals surface area contributed by atoms with Gasteiger partial charge in [0.2, 0.25) is 0 Å². The summed E-state index contributed by atoms with van der Waals surface area (Å²) < 4.78 is 1.05. The van der Waals surface area contributed by atoms with Gasteiger partial charge >= 0.3 is 0 Å². The molecule has 0 amide bonds. The highest BCUT2D eigenvalue weighted by atomic mass is 79.9. The van der Waals surface area contributed by atoms with Gasteiger partial charge in [-0.25, -0.2) is 0 Å². The largest absolute Gasteiger partial charge is 0.298 e. The number of hydrogen-bond acceptors (Lipinski definition) is 2. The summed E-state index contributed by atoms with van der Waals surface area (Å²) in [6.07, 6.45) is 4.94. The van der Waals surface area contributed by atoms with Crippen molar-refractivity contribution in [1.29, 1.82) is 0 Å². The summed E-state index contributed by atoms with van der Waals surface area (Å²) in [6, 6.07) is 2.13. The van der Waals surface area contributed by atoms with Crippen molar-refractivity contribution in [3.8, 4) is 0 Å². The fraction of sp³-hybridized carbons (Fsp3) is 0.545. The predicted octanol–water partition coefficient (Wildman–Crippen LogP) is 3.45. The summed E-state index contributed by atoms with van der Waals surface area (Å²) >= 11 is 6.92. The maximum absolute atomic E-state index is 4.17. The minimum Gasteiger partial charge on any atom is -0.298 e. The second kappa shape index (κ2) is 7.36. The molecule has 15 heavy (non-hydrogen) atoms. The lowest BCUT2D eigenvalue weighted by Crippen LogP contribution is -2.26. The minimum atomic E-state index is 0.978. The van der Waals surface area contributed by atoms with Crippen LogP contribution < -0.4 is 0 Å². The van der Waals surface area contributed by atoms with E-state index in [1.165, 1.54) is 12.0 Å². The van der Waals surface area contributed by atoms with Crippen molar-refractivity contribution in [3.05, 3.63) is 28.5 Å². The van der Waals surface area contributed by atoms with Crippen LogP contribution in [0.15, 0.2) is 22.9 Å². The number of nitrogens with zero attached hydrogens (tertiary/aromatic N) is 2. The smallest absolute Gasteiger partial charge is 0.0410 e. The molecule has 0 unspecified atom stereocenters. The first-order valence-corrected chi connectivity index (χ1v) is 7.05. The van der Waals surface area contributed by atoms with Crippen molar-refractivity contribution in [2.24, 2.45) is 0 Å². The normalized spacial score (nSPS) is 10.9. The molecule has 0 aliphatic heterocycles. The monoisotopic (exact) mass is 334 g/mol. The summed E-state index contributed by atoms with van der Waals surface area (Å²) in [7, 11) is 0. The fourth-order valence-electron chi connectivity index (χ4n) is 1.51. The average Bonchev–Trinajstić information content (AvgIpc) is 2.18. The summed E-state index contributed by atoms with van der Waals surface area (Å²) in [5, 5.41) is 1.02. The van der Waals surface area contributed by atoms with Crippen LogP contribution in [0.2, 0.25) is 0 Å². The van der Waals surface area contributed by atoms with Gasteiger partial charge in [0.25, 0.3) is 0 Å². The van der Waals surface area contributed by atoms with Gasteiger partial charge in [0.1, 0.15) is 0 Å². The van der Waals surface area contributed by atoms with E-state index in [-0.39, 0.29) is 0 Å². The molecule has 0 saturated heterocycles. The van der Waals surface area contributed by atoms with E-state index in [1.807, 2.05) is 12.4 Å². The van der Waals surface area contributed by atoms with Gasteiger partial charge in [-0.05, 0) is 40.5 Å². The molecule has 0 radical (unpaired) electrons. The zero-order valence-electron chi connectivity index (χ0n) is 8.92. The molecule has 0 aliphatic rings. The molecule has 0 fully saturated rings. The predicted molar refractivity (Wildman–Crippen MR) is 71.3 cm³/mol. The molecule has 1 aromatic rings. The van der Waals surface area contributed by atoms with Crippen molar-refractivity contribution >= 4 is 31.9 Å². The van der Waals surface area contributed by atoms with Crippen LogP contribution in [0.25, 0.3) is 0 Å². The van der Waals surface area contributed by atoms with Crippen LogP contribution in [-0.4, -0.2) is 28.3 Å². The highest BCUT2D eigenvalue weighted by molar-refractivity contribution is 9.10. The number of alkyl halides is 1. The van der Waals surface area contributed by atoms with E-state index in [9.17, 15) is 0 Å². The molecular weight excluding hydrogens is 320 g/mol. The van der Waals surface area contributed by atoms with E-state index in [0.29, 0.717) is 0 Å². The Balaban J connectivity index is 2.56. The molecule has 0 spiro atoms.